The average Bonchev–Trinajstić information content (AvgIpc) is 2.80. The summed E-state index contributed by atoms with van der Waals surface area (Å²) in [5.41, 5.74) is 0. The molecule has 0 aromatic carbocycles. The Morgan fingerprint density at radius 3 is 2.82 bits per heavy atom. The van der Waals surface area contributed by atoms with Gasteiger partial charge in [0.15, 0.2) is 0 Å². The van der Waals surface area contributed by atoms with Gasteiger partial charge in [0.05, 0.1) is 12.6 Å². The highest BCUT2D eigenvalue weighted by Crippen LogP contribution is 2.02. The van der Waals surface area contributed by atoms with Crippen LogP contribution in [0.1, 0.15) is 26.7 Å². The molecule has 1 heterocycles. The minimum Gasteiger partial charge on any atom is -0.379 e. The van der Waals surface area contributed by atoms with Crippen molar-refractivity contribution in [2.75, 3.05) is 39.4 Å². The largest absolute Gasteiger partial charge is 0.379 e. The molecule has 2 amide bonds. The third kappa shape index (κ3) is 5.89. The Bertz CT molecular complexity index is 218. The normalized spacial score (nSPS) is 19.6. The van der Waals surface area contributed by atoms with Gasteiger partial charge in [0.1, 0.15) is 0 Å². The van der Waals surface area contributed by atoms with Crippen LogP contribution in [0, 0.1) is 0 Å². The van der Waals surface area contributed by atoms with Crippen LogP contribution in [0.15, 0.2) is 0 Å². The Labute approximate surface area is 104 Å². The van der Waals surface area contributed by atoms with E-state index in [0.29, 0.717) is 13.2 Å². The molecule has 5 heteroatoms. The van der Waals surface area contributed by atoms with E-state index < -0.39 is 0 Å². The van der Waals surface area contributed by atoms with Crippen molar-refractivity contribution in [2.24, 2.45) is 0 Å². The average molecular weight is 243 g/mol. The fraction of sp³-hybridized carbons (Fsp3) is 0.917. The number of likely N-dealkylation sites (N-methyl/N-ethyl adjacent to an activating group) is 1. The molecule has 1 rings (SSSR count). The van der Waals surface area contributed by atoms with Gasteiger partial charge in [0, 0.05) is 19.7 Å². The molecule has 1 fully saturated rings. The first-order valence-corrected chi connectivity index (χ1v) is 6.60. The van der Waals surface area contributed by atoms with Crippen molar-refractivity contribution in [3.05, 3.63) is 0 Å². The number of nitrogens with one attached hydrogen (secondary N) is 2. The van der Waals surface area contributed by atoms with E-state index in [1.165, 1.54) is 0 Å². The number of carbonyl (C=O) groups is 1. The molecule has 2 N–H and O–H groups in total. The van der Waals surface area contributed by atoms with E-state index in [1.54, 1.807) is 0 Å². The van der Waals surface area contributed by atoms with Crippen molar-refractivity contribution in [3.8, 4) is 0 Å². The molecule has 1 aliphatic rings. The fourth-order valence-electron chi connectivity index (χ4n) is 1.96. The van der Waals surface area contributed by atoms with Gasteiger partial charge in [0.25, 0.3) is 0 Å². The van der Waals surface area contributed by atoms with Gasteiger partial charge in [-0.15, -0.1) is 0 Å². The van der Waals surface area contributed by atoms with Crippen LogP contribution in [0.3, 0.4) is 0 Å². The number of amides is 2. The van der Waals surface area contributed by atoms with Gasteiger partial charge < -0.3 is 20.3 Å². The molecule has 0 aromatic heterocycles. The van der Waals surface area contributed by atoms with E-state index in [2.05, 4.69) is 29.4 Å². The molecule has 0 saturated carbocycles. The third-order valence-electron chi connectivity index (χ3n) is 2.97. The zero-order valence-corrected chi connectivity index (χ0v) is 11.0. The Morgan fingerprint density at radius 2 is 2.24 bits per heavy atom. The first-order chi connectivity index (χ1) is 8.26. The first kappa shape index (κ1) is 14.3. The van der Waals surface area contributed by atoms with Gasteiger partial charge in [-0.25, -0.2) is 4.79 Å². The molecule has 0 radical (unpaired) electrons. The standard InChI is InChI=1S/C12H25N3O2/c1-3-7-15(4-2)8-6-13-12(16)14-11-5-9-17-10-11/h11H,3-10H2,1-2H3,(H2,13,14,16). The lowest BCUT2D eigenvalue weighted by atomic mass is 10.3. The second kappa shape index (κ2) is 8.31. The van der Waals surface area contributed by atoms with Gasteiger partial charge >= 0.3 is 6.03 Å². The maximum absolute atomic E-state index is 11.5. The van der Waals surface area contributed by atoms with E-state index >= 15 is 0 Å². The van der Waals surface area contributed by atoms with Gasteiger partial charge in [-0.05, 0) is 25.9 Å². The number of hydrogen-bond acceptors (Lipinski definition) is 3. The molecule has 100 valence electrons. The summed E-state index contributed by atoms with van der Waals surface area (Å²) in [5, 5.41) is 5.79. The van der Waals surface area contributed by atoms with E-state index in [9.17, 15) is 4.79 Å². The Hall–Kier alpha value is -0.810. The summed E-state index contributed by atoms with van der Waals surface area (Å²) in [6.07, 6.45) is 2.07. The van der Waals surface area contributed by atoms with Gasteiger partial charge in [-0.2, -0.15) is 0 Å². The smallest absolute Gasteiger partial charge is 0.315 e. The van der Waals surface area contributed by atoms with Crippen LogP contribution in [0.5, 0.6) is 0 Å². The van der Waals surface area contributed by atoms with Crippen LogP contribution >= 0.6 is 0 Å². The SMILES string of the molecule is CCCN(CC)CCNC(=O)NC1CCOC1. The predicted molar refractivity (Wildman–Crippen MR) is 68.2 cm³/mol. The predicted octanol–water partition coefficient (Wildman–Crippen LogP) is 0.806. The minimum atomic E-state index is -0.0759. The van der Waals surface area contributed by atoms with E-state index in [-0.39, 0.29) is 12.1 Å². The lowest BCUT2D eigenvalue weighted by Gasteiger charge is -2.20. The van der Waals surface area contributed by atoms with Crippen molar-refractivity contribution < 1.29 is 9.53 Å². The van der Waals surface area contributed by atoms with E-state index in [4.69, 9.17) is 4.74 Å². The molecule has 1 atom stereocenters. The maximum Gasteiger partial charge on any atom is 0.315 e. The molecular weight excluding hydrogens is 218 g/mol. The summed E-state index contributed by atoms with van der Waals surface area (Å²) < 4.78 is 5.20. The number of urea groups is 1. The van der Waals surface area contributed by atoms with Crippen molar-refractivity contribution in [1.29, 1.82) is 0 Å². The van der Waals surface area contributed by atoms with Crippen LogP contribution in [-0.2, 0) is 4.74 Å². The van der Waals surface area contributed by atoms with E-state index in [1.807, 2.05) is 0 Å². The summed E-state index contributed by atoms with van der Waals surface area (Å²) in [4.78, 5) is 13.9. The molecule has 17 heavy (non-hydrogen) atoms. The number of nitrogens with zero attached hydrogens (tertiary/aromatic N) is 1. The molecule has 0 bridgehead atoms. The Kier molecular flexibility index (Phi) is 6.96. The topological polar surface area (TPSA) is 53.6 Å². The number of hydrogen-bond donors (Lipinski definition) is 2. The summed E-state index contributed by atoms with van der Waals surface area (Å²) >= 11 is 0. The molecule has 0 aliphatic carbocycles. The number of ether oxygens (including phenoxy) is 1. The Morgan fingerprint density at radius 1 is 1.41 bits per heavy atom. The van der Waals surface area contributed by atoms with Gasteiger partial charge in [0.2, 0.25) is 0 Å². The second-order valence-electron chi connectivity index (χ2n) is 4.40. The lowest BCUT2D eigenvalue weighted by molar-refractivity contribution is 0.188. The van der Waals surface area contributed by atoms with Crippen LogP contribution in [0.25, 0.3) is 0 Å². The van der Waals surface area contributed by atoms with Gasteiger partial charge in [-0.3, -0.25) is 0 Å². The lowest BCUT2D eigenvalue weighted by Crippen LogP contribution is -2.44. The number of rotatable bonds is 7. The first-order valence-electron chi connectivity index (χ1n) is 6.60. The molecule has 5 nitrogen and oxygen atoms in total. The number of carbonyl (C=O) groups excluding carboxylic acids is 1. The van der Waals surface area contributed by atoms with Crippen molar-refractivity contribution in [1.82, 2.24) is 15.5 Å². The summed E-state index contributed by atoms with van der Waals surface area (Å²) in [7, 11) is 0. The van der Waals surface area contributed by atoms with Crippen LogP contribution < -0.4 is 10.6 Å². The second-order valence-corrected chi connectivity index (χ2v) is 4.40. The molecule has 1 unspecified atom stereocenters. The minimum absolute atomic E-state index is 0.0759. The zero-order chi connectivity index (χ0) is 12.5. The highest BCUT2D eigenvalue weighted by Gasteiger charge is 2.17. The maximum atomic E-state index is 11.5. The summed E-state index contributed by atoms with van der Waals surface area (Å²) in [5.74, 6) is 0. The highest BCUT2D eigenvalue weighted by atomic mass is 16.5. The summed E-state index contributed by atoms with van der Waals surface area (Å²) in [6, 6.07) is 0.112. The third-order valence-corrected chi connectivity index (χ3v) is 2.97. The molecule has 1 saturated heterocycles. The van der Waals surface area contributed by atoms with E-state index in [0.717, 1.165) is 39.1 Å². The van der Waals surface area contributed by atoms with Crippen LogP contribution in [0.4, 0.5) is 4.79 Å². The van der Waals surface area contributed by atoms with Crippen molar-refractivity contribution >= 4 is 6.03 Å². The summed E-state index contributed by atoms with van der Waals surface area (Å²) in [6.45, 7) is 9.46. The molecule has 0 aromatic rings. The van der Waals surface area contributed by atoms with Crippen LogP contribution in [0.2, 0.25) is 0 Å². The van der Waals surface area contributed by atoms with Gasteiger partial charge in [-0.1, -0.05) is 13.8 Å². The quantitative estimate of drug-likeness (QED) is 0.695. The fourth-order valence-corrected chi connectivity index (χ4v) is 1.96. The van der Waals surface area contributed by atoms with Crippen molar-refractivity contribution in [2.45, 2.75) is 32.7 Å². The highest BCUT2D eigenvalue weighted by molar-refractivity contribution is 5.74. The molecule has 0 spiro atoms. The Balaban J connectivity index is 2.06. The monoisotopic (exact) mass is 243 g/mol. The van der Waals surface area contributed by atoms with Crippen molar-refractivity contribution in [3.63, 3.8) is 0 Å². The molecule has 1 aliphatic heterocycles. The van der Waals surface area contributed by atoms with Crippen LogP contribution in [-0.4, -0.2) is 56.4 Å². The molecular formula is C12H25N3O2. The zero-order valence-electron chi connectivity index (χ0n) is 11.0.